The van der Waals surface area contributed by atoms with Crippen LogP contribution in [0, 0.1) is 0 Å². The van der Waals surface area contributed by atoms with Crippen LogP contribution in [0.3, 0.4) is 0 Å². The van der Waals surface area contributed by atoms with Crippen LogP contribution in [0.4, 0.5) is 4.79 Å². The van der Waals surface area contributed by atoms with Gasteiger partial charge in [-0.25, -0.2) is 14.4 Å². The fraction of sp³-hybridized carbons (Fsp3) is 0.300. The van der Waals surface area contributed by atoms with Gasteiger partial charge in [0, 0.05) is 22.8 Å². The second kappa shape index (κ2) is 12.2. The molecule has 0 bridgehead atoms. The lowest BCUT2D eigenvalue weighted by molar-refractivity contribution is -0.145. The van der Waals surface area contributed by atoms with Crippen LogP contribution in [-0.2, 0) is 37.0 Å². The molecule has 218 valence electrons. The van der Waals surface area contributed by atoms with Crippen molar-refractivity contribution in [1.82, 2.24) is 10.2 Å². The van der Waals surface area contributed by atoms with Gasteiger partial charge in [0.05, 0.1) is 25.3 Å². The Labute approximate surface area is 239 Å². The predicted molar refractivity (Wildman–Crippen MR) is 146 cm³/mol. The van der Waals surface area contributed by atoms with Gasteiger partial charge in [0.25, 0.3) is 5.91 Å². The lowest BCUT2D eigenvalue weighted by atomic mass is 10.1. The van der Waals surface area contributed by atoms with Crippen LogP contribution in [-0.4, -0.2) is 54.0 Å². The van der Waals surface area contributed by atoms with Gasteiger partial charge in [-0.15, -0.1) is 0 Å². The van der Waals surface area contributed by atoms with Gasteiger partial charge < -0.3 is 28.4 Å². The number of fused-ring (bicyclic) bond motifs is 2. The fourth-order valence-corrected chi connectivity index (χ4v) is 4.79. The van der Waals surface area contributed by atoms with Crippen molar-refractivity contribution in [1.29, 1.82) is 0 Å². The fourth-order valence-electron chi connectivity index (χ4n) is 4.79. The predicted octanol–water partition coefficient (Wildman–Crippen LogP) is 4.48. The number of hydrogen-bond acceptors (Lipinski definition) is 10. The van der Waals surface area contributed by atoms with Crippen molar-refractivity contribution in [2.75, 3.05) is 13.2 Å². The molecule has 2 aromatic carbocycles. The van der Waals surface area contributed by atoms with Gasteiger partial charge in [-0.1, -0.05) is 36.4 Å². The standard InChI is InChI=1S/C30H28N2O10/c1-3-38-28(35)25-19(17-9-5-7-11-22(17)41-25)15-32-27(34)21(31-30(32)37)13-14-24(33)40-16-20-18-10-6-8-12-23(18)42-26(20)29(36)39-4-2/h5-12,21H,3-4,13-16H2,1-2H3,(H,31,37). The molecule has 1 atom stereocenters. The van der Waals surface area contributed by atoms with Crippen molar-refractivity contribution < 1.29 is 47.0 Å². The SMILES string of the molecule is CCOC(=O)c1oc2ccccc2c1COC(=O)CCC1NC(=O)N(Cc2c(C(=O)OCC)oc3ccccc23)C1=O. The van der Waals surface area contributed by atoms with Gasteiger partial charge in [-0.05, 0) is 32.4 Å². The van der Waals surface area contributed by atoms with Gasteiger partial charge in [-0.2, -0.15) is 0 Å². The van der Waals surface area contributed by atoms with Crippen LogP contribution >= 0.6 is 0 Å². The van der Waals surface area contributed by atoms with E-state index in [4.69, 9.17) is 23.0 Å². The minimum Gasteiger partial charge on any atom is -0.461 e. The van der Waals surface area contributed by atoms with Crippen LogP contribution in [0.2, 0.25) is 0 Å². The Morgan fingerprint density at radius 3 is 1.95 bits per heavy atom. The molecular formula is C30H28N2O10. The Hall–Kier alpha value is -5.13. The van der Waals surface area contributed by atoms with E-state index in [1.807, 2.05) is 0 Å². The zero-order valence-corrected chi connectivity index (χ0v) is 23.0. The first-order valence-corrected chi connectivity index (χ1v) is 13.4. The Kier molecular flexibility index (Phi) is 8.23. The third kappa shape index (κ3) is 5.55. The quantitative estimate of drug-likeness (QED) is 0.154. The van der Waals surface area contributed by atoms with Crippen molar-refractivity contribution in [3.63, 3.8) is 0 Å². The number of benzene rings is 2. The van der Waals surface area contributed by atoms with E-state index >= 15 is 0 Å². The minimum absolute atomic E-state index is 0.0202. The molecule has 12 heteroatoms. The van der Waals surface area contributed by atoms with E-state index in [9.17, 15) is 24.0 Å². The molecular weight excluding hydrogens is 548 g/mol. The number of imide groups is 1. The summed E-state index contributed by atoms with van der Waals surface area (Å²) in [5, 5.41) is 3.76. The first kappa shape index (κ1) is 28.4. The van der Waals surface area contributed by atoms with Crippen molar-refractivity contribution in [3.8, 4) is 0 Å². The summed E-state index contributed by atoms with van der Waals surface area (Å²) in [7, 11) is 0. The number of carbonyl (C=O) groups is 5. The number of nitrogens with zero attached hydrogens (tertiary/aromatic N) is 1. The summed E-state index contributed by atoms with van der Waals surface area (Å²) < 4.78 is 26.9. The third-order valence-corrected chi connectivity index (χ3v) is 6.76. The number of urea groups is 1. The second-order valence-corrected chi connectivity index (χ2v) is 9.38. The van der Waals surface area contributed by atoms with E-state index in [2.05, 4.69) is 5.32 Å². The molecule has 3 heterocycles. The maximum absolute atomic E-state index is 13.1. The van der Waals surface area contributed by atoms with E-state index in [1.165, 1.54) is 0 Å². The lowest BCUT2D eigenvalue weighted by Crippen LogP contribution is -2.31. The molecule has 3 amide bonds. The normalized spacial score (nSPS) is 14.8. The Balaban J connectivity index is 1.24. The first-order valence-electron chi connectivity index (χ1n) is 13.4. The van der Waals surface area contributed by atoms with Crippen LogP contribution in [0.1, 0.15) is 58.9 Å². The lowest BCUT2D eigenvalue weighted by Gasteiger charge is -2.13. The van der Waals surface area contributed by atoms with Gasteiger partial charge in [0.2, 0.25) is 11.5 Å². The van der Waals surface area contributed by atoms with Crippen LogP contribution in [0.15, 0.2) is 57.4 Å². The summed E-state index contributed by atoms with van der Waals surface area (Å²) in [6.45, 7) is 3.13. The zero-order chi connectivity index (χ0) is 29.8. The van der Waals surface area contributed by atoms with E-state index in [0.29, 0.717) is 33.1 Å². The molecule has 1 aliphatic rings. The van der Waals surface area contributed by atoms with Crippen molar-refractivity contribution in [2.24, 2.45) is 0 Å². The van der Waals surface area contributed by atoms with E-state index in [0.717, 1.165) is 4.90 Å². The Bertz CT molecular complexity index is 1680. The molecule has 0 saturated carbocycles. The Morgan fingerprint density at radius 2 is 1.36 bits per heavy atom. The van der Waals surface area contributed by atoms with E-state index < -0.39 is 35.9 Å². The molecule has 1 saturated heterocycles. The average molecular weight is 577 g/mol. The highest BCUT2D eigenvalue weighted by Gasteiger charge is 2.39. The zero-order valence-electron chi connectivity index (χ0n) is 23.0. The molecule has 12 nitrogen and oxygen atoms in total. The molecule has 4 aromatic rings. The number of para-hydroxylation sites is 2. The number of nitrogens with one attached hydrogen (secondary N) is 1. The molecule has 2 aromatic heterocycles. The summed E-state index contributed by atoms with van der Waals surface area (Å²) in [5.41, 5.74) is 1.58. The Morgan fingerprint density at radius 1 is 0.810 bits per heavy atom. The van der Waals surface area contributed by atoms with E-state index in [1.54, 1.807) is 62.4 Å². The summed E-state index contributed by atoms with van der Waals surface area (Å²) in [5.74, 6) is -2.70. The van der Waals surface area contributed by atoms with Gasteiger partial charge >= 0.3 is 23.9 Å². The number of furan rings is 2. The van der Waals surface area contributed by atoms with Crippen molar-refractivity contribution in [2.45, 2.75) is 45.9 Å². The summed E-state index contributed by atoms with van der Waals surface area (Å²) in [6.07, 6.45) is -0.203. The molecule has 1 aliphatic heterocycles. The summed E-state index contributed by atoms with van der Waals surface area (Å²) in [6, 6.07) is 12.2. The monoisotopic (exact) mass is 576 g/mol. The molecule has 1 fully saturated rings. The van der Waals surface area contributed by atoms with Gasteiger partial charge in [0.1, 0.15) is 23.8 Å². The van der Waals surface area contributed by atoms with Crippen LogP contribution in [0.5, 0.6) is 0 Å². The smallest absolute Gasteiger partial charge is 0.374 e. The minimum atomic E-state index is -0.973. The average Bonchev–Trinajstić information content (AvgIpc) is 3.63. The molecule has 0 radical (unpaired) electrons. The van der Waals surface area contributed by atoms with Gasteiger partial charge in [-0.3, -0.25) is 14.5 Å². The third-order valence-electron chi connectivity index (χ3n) is 6.76. The number of hydrogen-bond donors (Lipinski definition) is 1. The van der Waals surface area contributed by atoms with Crippen LogP contribution < -0.4 is 5.32 Å². The molecule has 1 N–H and O–H groups in total. The first-order chi connectivity index (χ1) is 20.3. The molecule has 0 aliphatic carbocycles. The van der Waals surface area contributed by atoms with Crippen LogP contribution in [0.25, 0.3) is 21.9 Å². The summed E-state index contributed by atoms with van der Waals surface area (Å²) in [4.78, 5) is 64.4. The van der Waals surface area contributed by atoms with Crippen molar-refractivity contribution >= 4 is 51.8 Å². The number of rotatable bonds is 11. The molecule has 0 spiro atoms. The molecule has 1 unspecified atom stereocenters. The van der Waals surface area contributed by atoms with Crippen molar-refractivity contribution in [3.05, 3.63) is 71.2 Å². The summed E-state index contributed by atoms with van der Waals surface area (Å²) >= 11 is 0. The number of carbonyl (C=O) groups excluding carboxylic acids is 5. The second-order valence-electron chi connectivity index (χ2n) is 9.38. The molecule has 42 heavy (non-hydrogen) atoms. The largest absolute Gasteiger partial charge is 0.461 e. The maximum Gasteiger partial charge on any atom is 0.374 e. The highest BCUT2D eigenvalue weighted by molar-refractivity contribution is 6.05. The van der Waals surface area contributed by atoms with Gasteiger partial charge in [0.15, 0.2) is 0 Å². The number of amides is 3. The number of esters is 3. The highest BCUT2D eigenvalue weighted by Crippen LogP contribution is 2.30. The topological polar surface area (TPSA) is 155 Å². The molecule has 5 rings (SSSR count). The number of ether oxygens (including phenoxy) is 3. The maximum atomic E-state index is 13.1. The highest BCUT2D eigenvalue weighted by atomic mass is 16.6. The van der Waals surface area contributed by atoms with E-state index in [-0.39, 0.29) is 50.7 Å².